The second-order valence-corrected chi connectivity index (χ2v) is 9.19. The van der Waals surface area contributed by atoms with Gasteiger partial charge in [0.15, 0.2) is 0 Å². The Bertz CT molecular complexity index is 1310. The molecule has 1 aliphatic rings. The van der Waals surface area contributed by atoms with Gasteiger partial charge in [-0.1, -0.05) is 56.3 Å². The van der Waals surface area contributed by atoms with Gasteiger partial charge in [0, 0.05) is 17.3 Å². The van der Waals surface area contributed by atoms with Crippen molar-refractivity contribution in [1.82, 2.24) is 0 Å². The second kappa shape index (κ2) is 10.7. The van der Waals surface area contributed by atoms with Crippen LogP contribution in [0, 0.1) is 12.8 Å². The second-order valence-electron chi connectivity index (χ2n) is 9.19. The summed E-state index contributed by atoms with van der Waals surface area (Å²) >= 11 is 0. The van der Waals surface area contributed by atoms with E-state index in [0.29, 0.717) is 41.9 Å². The SMILES string of the molecule is CCOc1cccc(N2C(=O)C(=O)/C(=C(/O)c3cccc(OCC(C)C)c3)C2c2ccccc2C)c1. The molecule has 6 heteroatoms. The predicted molar refractivity (Wildman–Crippen MR) is 140 cm³/mol. The lowest BCUT2D eigenvalue weighted by Crippen LogP contribution is -2.29. The number of benzene rings is 3. The van der Waals surface area contributed by atoms with Crippen molar-refractivity contribution in [3.8, 4) is 11.5 Å². The molecule has 3 aromatic rings. The van der Waals surface area contributed by atoms with E-state index in [4.69, 9.17) is 9.47 Å². The molecule has 1 amide bonds. The summed E-state index contributed by atoms with van der Waals surface area (Å²) in [4.78, 5) is 28.3. The van der Waals surface area contributed by atoms with E-state index in [2.05, 4.69) is 0 Å². The fraction of sp³-hybridized carbons (Fsp3) is 0.267. The average Bonchev–Trinajstić information content (AvgIpc) is 3.13. The number of ether oxygens (including phenoxy) is 2. The van der Waals surface area contributed by atoms with Crippen LogP contribution < -0.4 is 14.4 Å². The van der Waals surface area contributed by atoms with Crippen LogP contribution in [0.4, 0.5) is 5.69 Å². The van der Waals surface area contributed by atoms with Crippen LogP contribution in [0.2, 0.25) is 0 Å². The highest BCUT2D eigenvalue weighted by atomic mass is 16.5. The molecule has 4 rings (SSSR count). The van der Waals surface area contributed by atoms with Crippen LogP contribution in [0.25, 0.3) is 5.76 Å². The summed E-state index contributed by atoms with van der Waals surface area (Å²) in [7, 11) is 0. The molecule has 1 heterocycles. The monoisotopic (exact) mass is 485 g/mol. The third-order valence-electron chi connectivity index (χ3n) is 6.03. The number of hydrogen-bond acceptors (Lipinski definition) is 5. The molecule has 36 heavy (non-hydrogen) atoms. The third kappa shape index (κ3) is 4.98. The number of hydrogen-bond donors (Lipinski definition) is 1. The Hall–Kier alpha value is -4.06. The minimum atomic E-state index is -0.802. The minimum Gasteiger partial charge on any atom is -0.507 e. The van der Waals surface area contributed by atoms with E-state index in [9.17, 15) is 14.7 Å². The first-order valence-corrected chi connectivity index (χ1v) is 12.1. The van der Waals surface area contributed by atoms with Crippen molar-refractivity contribution in [3.05, 3.63) is 95.1 Å². The Kier molecular flexibility index (Phi) is 7.44. The molecule has 0 aliphatic carbocycles. The summed E-state index contributed by atoms with van der Waals surface area (Å²) in [5, 5.41) is 11.4. The fourth-order valence-corrected chi connectivity index (χ4v) is 4.33. The maximum atomic E-state index is 13.4. The van der Waals surface area contributed by atoms with E-state index < -0.39 is 17.7 Å². The van der Waals surface area contributed by atoms with E-state index in [1.165, 1.54) is 4.90 Å². The molecule has 0 spiro atoms. The topological polar surface area (TPSA) is 76.1 Å². The van der Waals surface area contributed by atoms with Crippen molar-refractivity contribution in [3.63, 3.8) is 0 Å². The summed E-state index contributed by atoms with van der Waals surface area (Å²) in [6, 6.07) is 20.8. The zero-order chi connectivity index (χ0) is 25.8. The molecule has 0 saturated carbocycles. The third-order valence-corrected chi connectivity index (χ3v) is 6.03. The van der Waals surface area contributed by atoms with E-state index in [0.717, 1.165) is 11.1 Å². The van der Waals surface area contributed by atoms with Crippen molar-refractivity contribution in [2.24, 2.45) is 5.92 Å². The van der Waals surface area contributed by atoms with Crippen molar-refractivity contribution >= 4 is 23.1 Å². The molecule has 1 unspecified atom stereocenters. The summed E-state index contributed by atoms with van der Waals surface area (Å²) in [5.41, 5.74) is 2.62. The van der Waals surface area contributed by atoms with Gasteiger partial charge in [0.05, 0.1) is 24.8 Å². The number of amides is 1. The van der Waals surface area contributed by atoms with Gasteiger partial charge in [0.1, 0.15) is 17.3 Å². The number of aliphatic hydroxyl groups is 1. The van der Waals surface area contributed by atoms with Gasteiger partial charge in [-0.25, -0.2) is 0 Å². The first-order chi connectivity index (χ1) is 17.3. The zero-order valence-electron chi connectivity index (χ0n) is 21.0. The first-order valence-electron chi connectivity index (χ1n) is 12.1. The normalized spacial score (nSPS) is 17.0. The highest BCUT2D eigenvalue weighted by Gasteiger charge is 2.47. The van der Waals surface area contributed by atoms with E-state index in [1.807, 2.05) is 52.0 Å². The van der Waals surface area contributed by atoms with Gasteiger partial charge in [-0.3, -0.25) is 14.5 Å². The number of nitrogens with zero attached hydrogens (tertiary/aromatic N) is 1. The van der Waals surface area contributed by atoms with E-state index in [1.54, 1.807) is 48.5 Å². The quantitative estimate of drug-likeness (QED) is 0.239. The molecule has 1 atom stereocenters. The Morgan fingerprint density at radius 2 is 1.64 bits per heavy atom. The van der Waals surface area contributed by atoms with Gasteiger partial charge >= 0.3 is 0 Å². The first kappa shape index (κ1) is 25.0. The van der Waals surface area contributed by atoms with Gasteiger partial charge in [0.25, 0.3) is 11.7 Å². The van der Waals surface area contributed by atoms with Crippen molar-refractivity contribution in [1.29, 1.82) is 0 Å². The Labute approximate surface area is 211 Å². The largest absolute Gasteiger partial charge is 0.507 e. The lowest BCUT2D eigenvalue weighted by atomic mass is 9.92. The summed E-state index contributed by atoms with van der Waals surface area (Å²) in [5.74, 6) is -0.169. The highest BCUT2D eigenvalue weighted by Crippen LogP contribution is 2.43. The molecule has 1 saturated heterocycles. The van der Waals surface area contributed by atoms with Gasteiger partial charge in [-0.2, -0.15) is 0 Å². The summed E-state index contributed by atoms with van der Waals surface area (Å²) < 4.78 is 11.4. The Morgan fingerprint density at radius 1 is 0.944 bits per heavy atom. The number of aryl methyl sites for hydroxylation is 1. The smallest absolute Gasteiger partial charge is 0.300 e. The van der Waals surface area contributed by atoms with Crippen LogP contribution in [0.3, 0.4) is 0 Å². The van der Waals surface area contributed by atoms with Crippen LogP contribution in [0.15, 0.2) is 78.4 Å². The number of rotatable bonds is 8. The average molecular weight is 486 g/mol. The van der Waals surface area contributed by atoms with Crippen LogP contribution in [-0.4, -0.2) is 30.0 Å². The van der Waals surface area contributed by atoms with Crippen LogP contribution in [0.5, 0.6) is 11.5 Å². The van der Waals surface area contributed by atoms with E-state index in [-0.39, 0.29) is 11.3 Å². The number of aliphatic hydroxyl groups excluding tert-OH is 1. The van der Waals surface area contributed by atoms with Gasteiger partial charge in [-0.05, 0) is 55.2 Å². The maximum Gasteiger partial charge on any atom is 0.300 e. The van der Waals surface area contributed by atoms with Crippen molar-refractivity contribution in [2.75, 3.05) is 18.1 Å². The summed E-state index contributed by atoms with van der Waals surface area (Å²) in [6.07, 6.45) is 0. The molecule has 186 valence electrons. The molecule has 3 aromatic carbocycles. The molecule has 1 N–H and O–H groups in total. The molecule has 1 fully saturated rings. The lowest BCUT2D eigenvalue weighted by Gasteiger charge is -2.27. The van der Waals surface area contributed by atoms with Gasteiger partial charge in [-0.15, -0.1) is 0 Å². The number of ketones is 1. The molecule has 0 aromatic heterocycles. The van der Waals surface area contributed by atoms with Crippen LogP contribution >= 0.6 is 0 Å². The van der Waals surface area contributed by atoms with Crippen molar-refractivity contribution in [2.45, 2.75) is 33.7 Å². The highest BCUT2D eigenvalue weighted by molar-refractivity contribution is 6.51. The number of anilines is 1. The predicted octanol–water partition coefficient (Wildman–Crippen LogP) is 6.05. The Balaban J connectivity index is 1.87. The fourth-order valence-electron chi connectivity index (χ4n) is 4.33. The van der Waals surface area contributed by atoms with Crippen LogP contribution in [-0.2, 0) is 9.59 Å². The molecular weight excluding hydrogens is 454 g/mol. The van der Waals surface area contributed by atoms with Gasteiger partial charge < -0.3 is 14.6 Å². The zero-order valence-corrected chi connectivity index (χ0v) is 21.0. The number of Topliss-reactive ketones (excluding diaryl/α,β-unsaturated/α-hetero) is 1. The summed E-state index contributed by atoms with van der Waals surface area (Å²) in [6.45, 7) is 8.90. The Morgan fingerprint density at radius 3 is 2.33 bits per heavy atom. The molecule has 1 aliphatic heterocycles. The van der Waals surface area contributed by atoms with E-state index >= 15 is 0 Å². The standard InChI is InChI=1S/C30H31NO5/c1-5-35-24-14-9-12-22(17-24)31-27(25-15-7-6-10-20(25)4)26(29(33)30(31)34)28(32)21-11-8-13-23(16-21)36-18-19(2)3/h6-17,19,27,32H,5,18H2,1-4H3/b28-26+. The molecule has 0 bridgehead atoms. The molecular formula is C30H31NO5. The molecule has 6 nitrogen and oxygen atoms in total. The van der Waals surface area contributed by atoms with Crippen LogP contribution in [0.1, 0.15) is 43.5 Å². The van der Waals surface area contributed by atoms with Gasteiger partial charge in [0.2, 0.25) is 0 Å². The number of carbonyl (C=O) groups is 2. The molecule has 0 radical (unpaired) electrons. The lowest BCUT2D eigenvalue weighted by molar-refractivity contribution is -0.132. The van der Waals surface area contributed by atoms with Crippen molar-refractivity contribution < 1.29 is 24.2 Å². The number of carbonyl (C=O) groups excluding carboxylic acids is 2. The maximum absolute atomic E-state index is 13.4. The minimum absolute atomic E-state index is 0.0390.